The molecule has 0 spiro atoms. The van der Waals surface area contributed by atoms with E-state index in [0.29, 0.717) is 5.56 Å². The highest BCUT2D eigenvalue weighted by molar-refractivity contribution is 7.98. The Balaban J connectivity index is 1.41. The molecule has 0 unspecified atom stereocenters. The van der Waals surface area contributed by atoms with Gasteiger partial charge < -0.3 is 39.2 Å². The van der Waals surface area contributed by atoms with Crippen LogP contribution in [0.15, 0.2) is 102 Å². The molecule has 1 aliphatic heterocycles. The van der Waals surface area contributed by atoms with Crippen molar-refractivity contribution in [1.29, 1.82) is 0 Å². The minimum atomic E-state index is -2.42. The fraction of sp³-hybridized carbons (Fsp3) is 0.458. The lowest BCUT2D eigenvalue weighted by Crippen LogP contribution is -2.81. The number of fused-ring (bicyclic) bond motifs is 5. The molecule has 65 heavy (non-hydrogen) atoms. The first-order valence-electron chi connectivity index (χ1n) is 21.2. The van der Waals surface area contributed by atoms with Crippen molar-refractivity contribution >= 4 is 47.3 Å². The van der Waals surface area contributed by atoms with E-state index in [1.165, 1.54) is 30.8 Å². The Kier molecular flexibility index (Phi) is 13.5. The summed E-state index contributed by atoms with van der Waals surface area (Å²) < 4.78 is 30.9. The third-order valence-electron chi connectivity index (χ3n) is 13.4. The van der Waals surface area contributed by atoms with Crippen LogP contribution >= 0.6 is 11.8 Å². The molecule has 3 fully saturated rings. The van der Waals surface area contributed by atoms with Gasteiger partial charge in [-0.25, -0.2) is 14.5 Å². The number of carbonyl (C=O) groups is 6. The molecule has 346 valence electrons. The van der Waals surface area contributed by atoms with Gasteiger partial charge in [0.15, 0.2) is 24.1 Å². The lowest BCUT2D eigenvalue weighted by atomic mass is 9.46. The number of hydrogen-bond donors (Lipinski definition) is 3. The topological polar surface area (TPSA) is 220 Å². The molecule has 0 radical (unpaired) electrons. The van der Waals surface area contributed by atoms with Crippen LogP contribution in [0.5, 0.6) is 0 Å². The van der Waals surface area contributed by atoms with E-state index < -0.39 is 113 Å². The second kappa shape index (κ2) is 18.5. The van der Waals surface area contributed by atoms with Gasteiger partial charge in [-0.3, -0.25) is 19.2 Å². The van der Waals surface area contributed by atoms with Crippen LogP contribution in [-0.2, 0) is 52.6 Å². The fourth-order valence-electron chi connectivity index (χ4n) is 10.1. The van der Waals surface area contributed by atoms with E-state index in [0.717, 1.165) is 13.8 Å². The van der Waals surface area contributed by atoms with Crippen LogP contribution in [0.3, 0.4) is 0 Å². The molecule has 3 N–H and O–H groups in total. The molecule has 0 aromatic heterocycles. The third-order valence-corrected chi connectivity index (χ3v) is 13.8. The van der Waals surface area contributed by atoms with Gasteiger partial charge in [0.25, 0.3) is 11.7 Å². The fourth-order valence-corrected chi connectivity index (χ4v) is 10.4. The molecular weight excluding hydrogens is 863 g/mol. The Hall–Kier alpha value is -5.43. The van der Waals surface area contributed by atoms with Gasteiger partial charge in [0.1, 0.15) is 17.8 Å². The van der Waals surface area contributed by atoms with Gasteiger partial charge in [0.05, 0.1) is 35.0 Å². The zero-order chi connectivity index (χ0) is 47.1. The number of Topliss-reactive ketones (excluding diaryl/α,β-unsaturated/α-hetero) is 1. The van der Waals surface area contributed by atoms with Gasteiger partial charge in [-0.05, 0) is 61.1 Å². The zero-order valence-corrected chi connectivity index (χ0v) is 37.8. The molecule has 17 heteroatoms. The average Bonchev–Trinajstić information content (AvgIpc) is 3.27. The van der Waals surface area contributed by atoms with Crippen LogP contribution in [-0.4, -0.2) is 106 Å². The number of benzene rings is 3. The summed E-state index contributed by atoms with van der Waals surface area (Å²) in [7, 11) is 0. The van der Waals surface area contributed by atoms with Gasteiger partial charge >= 0.3 is 23.9 Å². The highest BCUT2D eigenvalue weighted by Crippen LogP contribution is 2.65. The molecule has 11 atom stereocenters. The van der Waals surface area contributed by atoms with Crippen molar-refractivity contribution < 1.29 is 72.4 Å². The number of thioether (sulfide) groups is 1. The van der Waals surface area contributed by atoms with Crippen molar-refractivity contribution in [3.8, 4) is 0 Å². The summed E-state index contributed by atoms with van der Waals surface area (Å²) in [6.45, 7) is 8.41. The van der Waals surface area contributed by atoms with E-state index in [-0.39, 0.29) is 34.6 Å². The quantitative estimate of drug-likeness (QED) is 0.0678. The molecule has 4 aliphatic rings. The van der Waals surface area contributed by atoms with E-state index in [9.17, 15) is 34.2 Å². The van der Waals surface area contributed by atoms with Gasteiger partial charge in [-0.2, -0.15) is 4.89 Å². The summed E-state index contributed by atoms with van der Waals surface area (Å²) in [6, 6.07) is 23.0. The molecule has 16 nitrogen and oxygen atoms in total. The van der Waals surface area contributed by atoms with E-state index in [1.807, 2.05) is 0 Å². The lowest BCUT2D eigenvalue weighted by molar-refractivity contribution is -0.595. The SMILES string of the molecule is CSCO[C@H]1C[C@H]2OO[C@@]2(OC(C)=O)[C@H]2[C@H](OC(=O)c3ccccc3)[C@]3(O)C[C@H](OC(=O)[C@H](O)[C@@H](NC(=O)c4ccccc4)c4ccccc4)C(C)=C([C@@H](OC(C)=O)C(=O)[C@]12C)C3(C)C. The molecule has 1 amide bonds. The maximum Gasteiger partial charge on any atom is 0.338 e. The minimum Gasteiger partial charge on any atom is -0.456 e. The molecule has 1 saturated heterocycles. The zero-order valence-electron chi connectivity index (χ0n) is 37.0. The van der Waals surface area contributed by atoms with Crippen molar-refractivity contribution in [2.75, 3.05) is 12.2 Å². The first-order valence-corrected chi connectivity index (χ1v) is 22.6. The predicted molar refractivity (Wildman–Crippen MR) is 231 cm³/mol. The normalized spacial score (nSPS) is 30.9. The number of hydrogen-bond acceptors (Lipinski definition) is 16. The Labute approximate surface area is 380 Å². The Morgan fingerprint density at radius 3 is 2.02 bits per heavy atom. The van der Waals surface area contributed by atoms with Crippen molar-refractivity contribution in [2.24, 2.45) is 16.7 Å². The first-order chi connectivity index (χ1) is 30.8. The van der Waals surface area contributed by atoms with Crippen LogP contribution < -0.4 is 5.32 Å². The van der Waals surface area contributed by atoms with E-state index in [1.54, 1.807) is 106 Å². The number of nitrogens with one attached hydrogen (secondary N) is 1. The summed E-state index contributed by atoms with van der Waals surface area (Å²) in [5.74, 6) is -9.07. The molecule has 3 aliphatic carbocycles. The Morgan fingerprint density at radius 1 is 0.862 bits per heavy atom. The standard InChI is InChI=1S/C48H53NO15S/c1-26-32(60-44(56)37(52)36(29-17-11-8-12-18-29)49-42(54)30-19-13-9-14-20-30)24-47(57)41(61-43(55)31-21-15-10-16-22-31)39-46(6,40(53)38(59-27(2)50)35(26)45(47,4)5)33(58-25-65-7)23-34-48(39,64-63-34)62-28(3)51/h8-22,32-34,36-39,41,52,57H,23-25H2,1-7H3,(H,49,54)/t32-,33-,34+,36-,37+,38+,39-,41-,46+,47+,48+/m0/s1. The Morgan fingerprint density at radius 2 is 1.46 bits per heavy atom. The number of carbonyl (C=O) groups excluding carboxylic acids is 6. The number of amides is 1. The second-order valence-electron chi connectivity index (χ2n) is 17.5. The average molecular weight is 916 g/mol. The van der Waals surface area contributed by atoms with Gasteiger partial charge in [-0.1, -0.05) is 80.6 Å². The van der Waals surface area contributed by atoms with Crippen molar-refractivity contribution in [3.63, 3.8) is 0 Å². The summed E-state index contributed by atoms with van der Waals surface area (Å²) in [5, 5.41) is 28.4. The largest absolute Gasteiger partial charge is 0.456 e. The third kappa shape index (κ3) is 8.38. The molecular formula is C48H53NO15S. The Bertz CT molecular complexity index is 2340. The van der Waals surface area contributed by atoms with E-state index >= 15 is 4.79 Å². The van der Waals surface area contributed by atoms with Crippen LogP contribution in [0, 0.1) is 16.7 Å². The maximum atomic E-state index is 15.9. The highest BCUT2D eigenvalue weighted by atomic mass is 32.2. The number of ketones is 1. The van der Waals surface area contributed by atoms with Crippen LogP contribution in [0.2, 0.25) is 0 Å². The predicted octanol–water partition coefficient (Wildman–Crippen LogP) is 4.97. The second-order valence-corrected chi connectivity index (χ2v) is 18.3. The number of aliphatic hydroxyl groups is 2. The smallest absolute Gasteiger partial charge is 0.338 e. The molecule has 3 aromatic carbocycles. The summed E-state index contributed by atoms with van der Waals surface area (Å²) in [5.41, 5.74) is -5.18. The van der Waals surface area contributed by atoms with Crippen LogP contribution in [0.1, 0.15) is 86.7 Å². The summed E-state index contributed by atoms with van der Waals surface area (Å²) in [4.78, 5) is 95.8. The van der Waals surface area contributed by atoms with Gasteiger partial charge in [-0.15, -0.1) is 11.8 Å². The van der Waals surface area contributed by atoms with Crippen molar-refractivity contribution in [1.82, 2.24) is 5.32 Å². The minimum absolute atomic E-state index is 0.0224. The number of rotatable bonds is 13. The molecule has 2 bridgehead atoms. The van der Waals surface area contributed by atoms with Crippen LogP contribution in [0.4, 0.5) is 0 Å². The van der Waals surface area contributed by atoms with Gasteiger partial charge in [0.2, 0.25) is 0 Å². The number of ether oxygens (including phenoxy) is 5. The summed E-state index contributed by atoms with van der Waals surface area (Å²) >= 11 is 1.31. The monoisotopic (exact) mass is 915 g/mol. The molecule has 3 aromatic rings. The van der Waals surface area contributed by atoms with Gasteiger partial charge in [0, 0.05) is 37.7 Å². The van der Waals surface area contributed by atoms with E-state index in [4.69, 9.17) is 33.5 Å². The number of esters is 4. The van der Waals surface area contributed by atoms with Crippen molar-refractivity contribution in [2.45, 2.75) is 108 Å². The molecule has 2 saturated carbocycles. The number of aliphatic hydroxyl groups excluding tert-OH is 1. The van der Waals surface area contributed by atoms with Crippen molar-refractivity contribution in [3.05, 3.63) is 119 Å². The highest BCUT2D eigenvalue weighted by Gasteiger charge is 2.80. The van der Waals surface area contributed by atoms with E-state index in [2.05, 4.69) is 5.32 Å². The lowest BCUT2D eigenvalue weighted by Gasteiger charge is -2.66. The molecule has 1 heterocycles. The van der Waals surface area contributed by atoms with Crippen LogP contribution in [0.25, 0.3) is 0 Å². The maximum absolute atomic E-state index is 15.9. The molecule has 7 rings (SSSR count). The summed E-state index contributed by atoms with van der Waals surface area (Å²) in [6.07, 6.45) is -8.30. The first kappa shape index (κ1) is 47.5.